The van der Waals surface area contributed by atoms with E-state index in [2.05, 4.69) is 26.1 Å². The number of hydrogen-bond acceptors (Lipinski definition) is 2. The molecule has 2 saturated carbocycles. The van der Waals surface area contributed by atoms with Crippen molar-refractivity contribution >= 4 is 0 Å². The molecule has 2 aliphatic carbocycles. The average molecular weight is 281 g/mol. The van der Waals surface area contributed by atoms with Crippen molar-refractivity contribution in [2.75, 3.05) is 13.7 Å². The molecule has 2 fully saturated rings. The molecular weight excluding hydrogens is 246 g/mol. The van der Waals surface area contributed by atoms with Gasteiger partial charge in [0.15, 0.2) is 0 Å². The predicted octanol–water partition coefficient (Wildman–Crippen LogP) is 4.53. The zero-order valence-electron chi connectivity index (χ0n) is 14.1. The van der Waals surface area contributed by atoms with Gasteiger partial charge in [0.2, 0.25) is 0 Å². The number of methoxy groups -OCH3 is 1. The Kier molecular flexibility index (Phi) is 5.53. The molecule has 2 rings (SSSR count). The summed E-state index contributed by atoms with van der Waals surface area (Å²) in [7, 11) is 1.94. The third kappa shape index (κ3) is 3.76. The van der Waals surface area contributed by atoms with Crippen LogP contribution in [0.1, 0.15) is 78.6 Å². The number of likely N-dealkylation sites (N-methyl/N-ethyl adjacent to an activating group) is 1. The van der Waals surface area contributed by atoms with Crippen molar-refractivity contribution in [3.8, 4) is 0 Å². The first-order valence-corrected chi connectivity index (χ1v) is 8.80. The number of rotatable bonds is 6. The molecule has 118 valence electrons. The molecule has 0 aromatic rings. The summed E-state index contributed by atoms with van der Waals surface area (Å²) in [5, 5.41) is 3.77. The van der Waals surface area contributed by atoms with Crippen LogP contribution in [-0.2, 0) is 4.74 Å². The SMILES string of the molecule is CCNC(CC1CCCC1)C1(OC)CCC(C)(C)CC1. The molecule has 1 N–H and O–H groups in total. The first-order chi connectivity index (χ1) is 9.51. The smallest absolute Gasteiger partial charge is 0.0831 e. The van der Waals surface area contributed by atoms with Crippen LogP contribution in [0.2, 0.25) is 0 Å². The normalized spacial score (nSPS) is 27.6. The molecule has 0 bridgehead atoms. The highest BCUT2D eigenvalue weighted by Crippen LogP contribution is 2.45. The van der Waals surface area contributed by atoms with Crippen molar-refractivity contribution in [1.82, 2.24) is 5.32 Å². The number of hydrogen-bond donors (Lipinski definition) is 1. The Labute approximate surface area is 126 Å². The van der Waals surface area contributed by atoms with Crippen LogP contribution in [0.4, 0.5) is 0 Å². The highest BCUT2D eigenvalue weighted by atomic mass is 16.5. The Hall–Kier alpha value is -0.0800. The third-order valence-corrected chi connectivity index (χ3v) is 5.99. The second-order valence-electron chi connectivity index (χ2n) is 7.93. The standard InChI is InChI=1S/C18H35NO/c1-5-19-16(14-15-8-6-7-9-15)18(20-4)12-10-17(2,3)11-13-18/h15-16,19H,5-14H2,1-4H3. The van der Waals surface area contributed by atoms with E-state index in [1.54, 1.807) is 0 Å². The van der Waals surface area contributed by atoms with Gasteiger partial charge in [-0.25, -0.2) is 0 Å². The Bertz CT molecular complexity index is 284. The van der Waals surface area contributed by atoms with Gasteiger partial charge in [0.05, 0.1) is 5.60 Å². The molecule has 2 heteroatoms. The van der Waals surface area contributed by atoms with E-state index in [0.717, 1.165) is 12.5 Å². The van der Waals surface area contributed by atoms with E-state index in [4.69, 9.17) is 4.74 Å². The van der Waals surface area contributed by atoms with Crippen molar-refractivity contribution in [3.05, 3.63) is 0 Å². The van der Waals surface area contributed by atoms with Gasteiger partial charge in [-0.3, -0.25) is 0 Å². The van der Waals surface area contributed by atoms with Gasteiger partial charge in [-0.05, 0) is 50.0 Å². The lowest BCUT2D eigenvalue weighted by atomic mass is 9.67. The minimum absolute atomic E-state index is 0.0914. The Balaban J connectivity index is 2.04. The second-order valence-corrected chi connectivity index (χ2v) is 7.93. The van der Waals surface area contributed by atoms with Crippen LogP contribution in [0.3, 0.4) is 0 Å². The van der Waals surface area contributed by atoms with E-state index in [1.807, 2.05) is 7.11 Å². The summed E-state index contributed by atoms with van der Waals surface area (Å²) in [4.78, 5) is 0. The molecule has 0 spiro atoms. The summed E-state index contributed by atoms with van der Waals surface area (Å²) in [5.41, 5.74) is 0.597. The molecule has 2 aliphatic rings. The van der Waals surface area contributed by atoms with E-state index in [0.29, 0.717) is 11.5 Å². The molecule has 1 atom stereocenters. The molecule has 0 saturated heterocycles. The number of ether oxygens (including phenoxy) is 1. The molecule has 0 heterocycles. The highest BCUT2D eigenvalue weighted by Gasteiger charge is 2.44. The largest absolute Gasteiger partial charge is 0.377 e. The molecule has 0 aromatic heterocycles. The van der Waals surface area contributed by atoms with Crippen LogP contribution >= 0.6 is 0 Å². The first-order valence-electron chi connectivity index (χ1n) is 8.80. The number of nitrogens with one attached hydrogen (secondary N) is 1. The Morgan fingerprint density at radius 2 is 1.70 bits per heavy atom. The Morgan fingerprint density at radius 3 is 2.20 bits per heavy atom. The fourth-order valence-electron chi connectivity index (χ4n) is 4.35. The van der Waals surface area contributed by atoms with Gasteiger partial charge in [-0.2, -0.15) is 0 Å². The van der Waals surface area contributed by atoms with Crippen LogP contribution in [-0.4, -0.2) is 25.3 Å². The molecular formula is C18H35NO. The highest BCUT2D eigenvalue weighted by molar-refractivity contribution is 4.99. The summed E-state index contributed by atoms with van der Waals surface area (Å²) in [6.07, 6.45) is 12.1. The predicted molar refractivity (Wildman–Crippen MR) is 86.0 cm³/mol. The van der Waals surface area contributed by atoms with Gasteiger partial charge in [0.1, 0.15) is 0 Å². The van der Waals surface area contributed by atoms with Crippen LogP contribution in [0, 0.1) is 11.3 Å². The van der Waals surface area contributed by atoms with E-state index in [-0.39, 0.29) is 5.60 Å². The molecule has 0 aromatic carbocycles. The zero-order valence-corrected chi connectivity index (χ0v) is 14.1. The van der Waals surface area contributed by atoms with Crippen LogP contribution in [0.25, 0.3) is 0 Å². The molecule has 1 unspecified atom stereocenters. The molecule has 2 nitrogen and oxygen atoms in total. The molecule has 20 heavy (non-hydrogen) atoms. The molecule has 0 radical (unpaired) electrons. The van der Waals surface area contributed by atoms with Crippen LogP contribution in [0.5, 0.6) is 0 Å². The van der Waals surface area contributed by atoms with Gasteiger partial charge in [-0.15, -0.1) is 0 Å². The van der Waals surface area contributed by atoms with Crippen molar-refractivity contribution in [2.45, 2.75) is 90.2 Å². The van der Waals surface area contributed by atoms with Gasteiger partial charge in [-0.1, -0.05) is 46.5 Å². The van der Waals surface area contributed by atoms with Gasteiger partial charge in [0, 0.05) is 13.2 Å². The summed E-state index contributed by atoms with van der Waals surface area (Å²) in [6.45, 7) is 8.11. The second kappa shape index (κ2) is 6.79. The summed E-state index contributed by atoms with van der Waals surface area (Å²) in [6, 6.07) is 0.552. The minimum atomic E-state index is 0.0914. The fourth-order valence-corrected chi connectivity index (χ4v) is 4.35. The van der Waals surface area contributed by atoms with Crippen molar-refractivity contribution in [2.24, 2.45) is 11.3 Å². The zero-order chi connectivity index (χ0) is 14.6. The van der Waals surface area contributed by atoms with Crippen LogP contribution in [0.15, 0.2) is 0 Å². The van der Waals surface area contributed by atoms with E-state index in [9.17, 15) is 0 Å². The maximum atomic E-state index is 6.13. The van der Waals surface area contributed by atoms with Gasteiger partial charge >= 0.3 is 0 Å². The lowest BCUT2D eigenvalue weighted by Crippen LogP contribution is -2.55. The monoisotopic (exact) mass is 281 g/mol. The molecule has 0 amide bonds. The summed E-state index contributed by atoms with van der Waals surface area (Å²) >= 11 is 0. The van der Waals surface area contributed by atoms with E-state index < -0.39 is 0 Å². The average Bonchev–Trinajstić information content (AvgIpc) is 2.92. The summed E-state index contributed by atoms with van der Waals surface area (Å²) < 4.78 is 6.13. The van der Waals surface area contributed by atoms with Crippen molar-refractivity contribution in [1.29, 1.82) is 0 Å². The van der Waals surface area contributed by atoms with Crippen LogP contribution < -0.4 is 5.32 Å². The van der Waals surface area contributed by atoms with Gasteiger partial charge in [0.25, 0.3) is 0 Å². The van der Waals surface area contributed by atoms with Crippen molar-refractivity contribution < 1.29 is 4.74 Å². The molecule has 0 aliphatic heterocycles. The quantitative estimate of drug-likeness (QED) is 0.772. The topological polar surface area (TPSA) is 21.3 Å². The maximum absolute atomic E-state index is 6.13. The Morgan fingerprint density at radius 1 is 1.10 bits per heavy atom. The van der Waals surface area contributed by atoms with Gasteiger partial charge < -0.3 is 10.1 Å². The summed E-state index contributed by atoms with van der Waals surface area (Å²) in [5.74, 6) is 0.931. The van der Waals surface area contributed by atoms with E-state index in [1.165, 1.54) is 57.8 Å². The van der Waals surface area contributed by atoms with Crippen molar-refractivity contribution in [3.63, 3.8) is 0 Å². The lowest BCUT2D eigenvalue weighted by Gasteiger charge is -2.48. The fraction of sp³-hybridized carbons (Fsp3) is 1.00. The maximum Gasteiger partial charge on any atom is 0.0831 e. The lowest BCUT2D eigenvalue weighted by molar-refractivity contribution is -0.0902. The minimum Gasteiger partial charge on any atom is -0.377 e. The first kappa shape index (κ1) is 16.3. The van der Waals surface area contributed by atoms with E-state index >= 15 is 0 Å². The third-order valence-electron chi connectivity index (χ3n) is 5.99.